The summed E-state index contributed by atoms with van der Waals surface area (Å²) < 4.78 is 0. The fraction of sp³-hybridized carbons (Fsp3) is 0.417. The van der Waals surface area contributed by atoms with Crippen molar-refractivity contribution in [3.63, 3.8) is 0 Å². The second-order valence-electron chi connectivity index (χ2n) is 8.04. The van der Waals surface area contributed by atoms with E-state index in [1.165, 1.54) is 0 Å². The normalized spacial score (nSPS) is 25.2. The van der Waals surface area contributed by atoms with Crippen molar-refractivity contribution in [1.29, 1.82) is 0 Å². The number of rotatable bonds is 6. The molecule has 1 saturated carbocycles. The zero-order chi connectivity index (χ0) is 18.8. The molecule has 0 N–H and O–H groups in total. The van der Waals surface area contributed by atoms with Crippen LogP contribution in [0.1, 0.15) is 50.7 Å². The molecule has 0 saturated heterocycles. The van der Waals surface area contributed by atoms with E-state index in [0.29, 0.717) is 0 Å². The molecule has 0 unspecified atom stereocenters. The summed E-state index contributed by atoms with van der Waals surface area (Å²) in [5.41, 5.74) is 2.32. The first-order valence-electron chi connectivity index (χ1n) is 9.60. The molecule has 2 nitrogen and oxygen atoms in total. The van der Waals surface area contributed by atoms with E-state index < -0.39 is 0 Å². The van der Waals surface area contributed by atoms with Gasteiger partial charge < -0.3 is 0 Å². The van der Waals surface area contributed by atoms with Crippen LogP contribution in [0.2, 0.25) is 0 Å². The van der Waals surface area contributed by atoms with Crippen LogP contribution in [0.25, 0.3) is 0 Å². The molecule has 0 bridgehead atoms. The molecule has 0 spiro atoms. The van der Waals surface area contributed by atoms with E-state index in [1.807, 2.05) is 64.1 Å². The Bertz CT molecular complexity index is 694. The summed E-state index contributed by atoms with van der Waals surface area (Å²) in [5.74, 6) is -0.0109. The Hall–Kier alpha value is -2.22. The third-order valence-electron chi connectivity index (χ3n) is 5.71. The molecule has 2 heteroatoms. The smallest absolute Gasteiger partial charge is 0.139 e. The van der Waals surface area contributed by atoms with Crippen molar-refractivity contribution in [3.05, 3.63) is 71.8 Å². The average molecular weight is 348 g/mol. The molecule has 2 aromatic carbocycles. The molecule has 2 aromatic rings. The van der Waals surface area contributed by atoms with Crippen molar-refractivity contribution in [2.45, 2.75) is 39.5 Å². The topological polar surface area (TPSA) is 34.1 Å². The number of benzene rings is 2. The van der Waals surface area contributed by atoms with Gasteiger partial charge in [-0.1, -0.05) is 88.4 Å². The SMILES string of the molecule is CC(C)C(=O)[C@@H]1[C@H](C(=O)C(C)C)[C@H](c2ccccc2)[C@@H]1c1ccccc1. The number of Topliss-reactive ketones (excluding diaryl/α,β-unsaturated/α-hetero) is 2. The van der Waals surface area contributed by atoms with E-state index in [0.717, 1.165) is 11.1 Å². The quantitative estimate of drug-likeness (QED) is 0.714. The standard InChI is InChI=1S/C24H28O2/c1-15(2)23(25)21-19(17-11-7-5-8-12-17)20(18-13-9-6-10-14-18)22(21)24(26)16(3)4/h5-16,19-22H,1-4H3/t19-,20+,21-,22+. The minimum atomic E-state index is -0.225. The maximum Gasteiger partial charge on any atom is 0.139 e. The number of carbonyl (C=O) groups is 2. The predicted molar refractivity (Wildman–Crippen MR) is 105 cm³/mol. The van der Waals surface area contributed by atoms with Gasteiger partial charge in [0.1, 0.15) is 11.6 Å². The molecule has 1 fully saturated rings. The highest BCUT2D eigenvalue weighted by Crippen LogP contribution is 2.59. The van der Waals surface area contributed by atoms with E-state index in [9.17, 15) is 9.59 Å². The molecule has 0 amide bonds. The molecular weight excluding hydrogens is 320 g/mol. The first-order chi connectivity index (χ1) is 12.4. The molecule has 1 aliphatic rings. The summed E-state index contributed by atoms with van der Waals surface area (Å²) >= 11 is 0. The van der Waals surface area contributed by atoms with Crippen LogP contribution in [0.4, 0.5) is 0 Å². The lowest BCUT2D eigenvalue weighted by Gasteiger charge is -2.52. The zero-order valence-corrected chi connectivity index (χ0v) is 16.1. The third kappa shape index (κ3) is 3.25. The van der Waals surface area contributed by atoms with Gasteiger partial charge in [-0.05, 0) is 11.1 Å². The second-order valence-corrected chi connectivity index (χ2v) is 8.04. The van der Waals surface area contributed by atoms with Gasteiger partial charge in [-0.2, -0.15) is 0 Å². The molecule has 0 radical (unpaired) electrons. The van der Waals surface area contributed by atoms with Crippen molar-refractivity contribution in [1.82, 2.24) is 0 Å². The summed E-state index contributed by atoms with van der Waals surface area (Å²) in [7, 11) is 0. The first kappa shape index (κ1) is 18.6. The lowest BCUT2D eigenvalue weighted by molar-refractivity contribution is -0.145. The molecule has 0 heterocycles. The van der Waals surface area contributed by atoms with E-state index >= 15 is 0 Å². The van der Waals surface area contributed by atoms with Gasteiger partial charge in [0.15, 0.2) is 0 Å². The maximum atomic E-state index is 13.1. The van der Waals surface area contributed by atoms with Gasteiger partial charge in [-0.15, -0.1) is 0 Å². The van der Waals surface area contributed by atoms with Gasteiger partial charge in [-0.3, -0.25) is 9.59 Å². The Kier molecular flexibility index (Phi) is 5.41. The predicted octanol–water partition coefficient (Wildman–Crippen LogP) is 5.25. The van der Waals surface area contributed by atoms with Gasteiger partial charge in [0, 0.05) is 35.5 Å². The molecule has 3 rings (SSSR count). The fourth-order valence-electron chi connectivity index (χ4n) is 4.41. The fourth-order valence-corrected chi connectivity index (χ4v) is 4.41. The molecule has 26 heavy (non-hydrogen) atoms. The Morgan fingerprint density at radius 2 is 0.923 bits per heavy atom. The van der Waals surface area contributed by atoms with Crippen LogP contribution >= 0.6 is 0 Å². The van der Waals surface area contributed by atoms with Crippen LogP contribution in [-0.4, -0.2) is 11.6 Å². The molecule has 136 valence electrons. The summed E-state index contributed by atoms with van der Waals surface area (Å²) in [6, 6.07) is 20.4. The zero-order valence-electron chi connectivity index (χ0n) is 16.1. The van der Waals surface area contributed by atoms with Crippen molar-refractivity contribution < 1.29 is 9.59 Å². The molecule has 1 aliphatic carbocycles. The van der Waals surface area contributed by atoms with Gasteiger partial charge >= 0.3 is 0 Å². The van der Waals surface area contributed by atoms with E-state index in [2.05, 4.69) is 24.3 Å². The Balaban J connectivity index is 2.10. The summed E-state index contributed by atoms with van der Waals surface area (Å²) in [6.45, 7) is 7.77. The van der Waals surface area contributed by atoms with Crippen LogP contribution < -0.4 is 0 Å². The summed E-state index contributed by atoms with van der Waals surface area (Å²) in [4.78, 5) is 26.1. The van der Waals surface area contributed by atoms with Crippen LogP contribution in [0.15, 0.2) is 60.7 Å². The van der Waals surface area contributed by atoms with E-state index in [-0.39, 0.29) is 47.1 Å². The molecule has 0 aromatic heterocycles. The summed E-state index contributed by atoms with van der Waals surface area (Å²) in [5, 5.41) is 0. The maximum absolute atomic E-state index is 13.1. The highest BCUT2D eigenvalue weighted by atomic mass is 16.1. The van der Waals surface area contributed by atoms with Crippen molar-refractivity contribution in [2.75, 3.05) is 0 Å². The third-order valence-corrected chi connectivity index (χ3v) is 5.71. The van der Waals surface area contributed by atoms with Crippen molar-refractivity contribution in [3.8, 4) is 0 Å². The highest BCUT2D eigenvalue weighted by molar-refractivity contribution is 5.95. The lowest BCUT2D eigenvalue weighted by atomic mass is 9.49. The van der Waals surface area contributed by atoms with Crippen LogP contribution in [0.3, 0.4) is 0 Å². The van der Waals surface area contributed by atoms with E-state index in [1.54, 1.807) is 0 Å². The Labute approximate surface area is 156 Å². The molecule has 0 aliphatic heterocycles. The van der Waals surface area contributed by atoms with Crippen molar-refractivity contribution in [2.24, 2.45) is 23.7 Å². The van der Waals surface area contributed by atoms with Crippen LogP contribution in [0, 0.1) is 23.7 Å². The second kappa shape index (κ2) is 7.57. The van der Waals surface area contributed by atoms with Gasteiger partial charge in [0.05, 0.1) is 0 Å². The number of carbonyl (C=O) groups excluding carboxylic acids is 2. The number of hydrogen-bond donors (Lipinski definition) is 0. The van der Waals surface area contributed by atoms with Gasteiger partial charge in [0.25, 0.3) is 0 Å². The largest absolute Gasteiger partial charge is 0.299 e. The monoisotopic (exact) mass is 348 g/mol. The van der Waals surface area contributed by atoms with Crippen LogP contribution in [0.5, 0.6) is 0 Å². The number of ketones is 2. The molecular formula is C24H28O2. The first-order valence-corrected chi connectivity index (χ1v) is 9.60. The summed E-state index contributed by atoms with van der Waals surface area (Å²) in [6.07, 6.45) is 0. The Morgan fingerprint density at radius 3 is 1.19 bits per heavy atom. The lowest BCUT2D eigenvalue weighted by Crippen LogP contribution is -2.53. The van der Waals surface area contributed by atoms with Gasteiger partial charge in [0.2, 0.25) is 0 Å². The van der Waals surface area contributed by atoms with Crippen molar-refractivity contribution >= 4 is 11.6 Å². The number of hydrogen-bond acceptors (Lipinski definition) is 2. The minimum Gasteiger partial charge on any atom is -0.299 e. The van der Waals surface area contributed by atoms with Gasteiger partial charge in [-0.25, -0.2) is 0 Å². The highest BCUT2D eigenvalue weighted by Gasteiger charge is 2.57. The minimum absolute atomic E-state index is 0.0644. The Morgan fingerprint density at radius 1 is 0.615 bits per heavy atom. The average Bonchev–Trinajstić information content (AvgIpc) is 2.62. The van der Waals surface area contributed by atoms with E-state index in [4.69, 9.17) is 0 Å². The van der Waals surface area contributed by atoms with Crippen LogP contribution in [-0.2, 0) is 9.59 Å². The molecule has 4 atom stereocenters.